The van der Waals surface area contributed by atoms with E-state index >= 15 is 4.39 Å². The first-order valence-corrected chi connectivity index (χ1v) is 15.6. The molecule has 222 valence electrons. The van der Waals surface area contributed by atoms with Crippen LogP contribution in [0, 0.1) is 12.7 Å². The van der Waals surface area contributed by atoms with Gasteiger partial charge in [0.25, 0.3) is 0 Å². The fraction of sp³-hybridized carbons (Fsp3) is 0.429. The van der Waals surface area contributed by atoms with Gasteiger partial charge in [0.15, 0.2) is 11.3 Å². The van der Waals surface area contributed by atoms with Gasteiger partial charge in [-0.15, -0.1) is 0 Å². The number of fused-ring (bicyclic) bond motifs is 1. The SMILES string of the molecule is COc1nc(-c2nc(Cc3ccc(N4CCN(CCS(C)(=O)=O)CC4=O)cn3)ncc2F)cc2c1nc(C)n2C(C)C. The molecule has 1 aliphatic rings. The summed E-state index contributed by atoms with van der Waals surface area (Å²) in [5, 5.41) is 0. The molecule has 42 heavy (non-hydrogen) atoms. The van der Waals surface area contributed by atoms with Crippen LogP contribution in [0.25, 0.3) is 22.4 Å². The lowest BCUT2D eigenvalue weighted by Crippen LogP contribution is -2.51. The number of imidazole rings is 1. The van der Waals surface area contributed by atoms with Crippen LogP contribution < -0.4 is 9.64 Å². The summed E-state index contributed by atoms with van der Waals surface area (Å²) < 4.78 is 45.4. The standard InChI is InChI=1S/C28H33FN8O4S/c1-17(2)37-18(3)32-27-23(37)13-22(33-28(27)41-4)26-21(29)15-31-24(34-26)12-19-6-7-20(14-30-19)36-9-8-35(16-25(36)38)10-11-42(5,39)40/h6-7,13-15,17H,8-12,16H2,1-5H3. The largest absolute Gasteiger partial charge is 0.479 e. The fourth-order valence-corrected chi connectivity index (χ4v) is 5.68. The molecule has 0 saturated carbocycles. The second kappa shape index (κ2) is 11.7. The number of amides is 1. The molecule has 5 heterocycles. The van der Waals surface area contributed by atoms with Crippen molar-refractivity contribution in [3.05, 3.63) is 53.8 Å². The maximum absolute atomic E-state index is 15.0. The highest BCUT2D eigenvalue weighted by molar-refractivity contribution is 7.90. The van der Waals surface area contributed by atoms with Gasteiger partial charge < -0.3 is 14.2 Å². The molecule has 0 spiro atoms. The van der Waals surface area contributed by atoms with Crippen LogP contribution in [0.5, 0.6) is 5.88 Å². The molecule has 12 nitrogen and oxygen atoms in total. The van der Waals surface area contributed by atoms with Crippen molar-refractivity contribution in [2.75, 3.05) is 50.2 Å². The van der Waals surface area contributed by atoms with Crippen LogP contribution in [0.2, 0.25) is 0 Å². The Morgan fingerprint density at radius 2 is 1.88 bits per heavy atom. The average Bonchev–Trinajstić information content (AvgIpc) is 3.28. The third kappa shape index (κ3) is 6.23. The molecule has 1 saturated heterocycles. The topological polar surface area (TPSA) is 136 Å². The number of carbonyl (C=O) groups excluding carboxylic acids is 1. The van der Waals surface area contributed by atoms with Crippen molar-refractivity contribution >= 4 is 32.5 Å². The monoisotopic (exact) mass is 596 g/mol. The maximum atomic E-state index is 15.0. The normalized spacial score (nSPS) is 14.7. The van der Waals surface area contributed by atoms with Gasteiger partial charge in [0, 0.05) is 37.6 Å². The van der Waals surface area contributed by atoms with Crippen LogP contribution in [0.3, 0.4) is 0 Å². The van der Waals surface area contributed by atoms with E-state index in [-0.39, 0.29) is 42.2 Å². The molecular formula is C28H33FN8O4S. The molecule has 0 bridgehead atoms. The number of sulfone groups is 1. The van der Waals surface area contributed by atoms with Crippen molar-refractivity contribution in [1.29, 1.82) is 0 Å². The third-order valence-electron chi connectivity index (χ3n) is 7.11. The Balaban J connectivity index is 1.34. The van der Waals surface area contributed by atoms with Gasteiger partial charge in [-0.3, -0.25) is 14.7 Å². The molecule has 1 aliphatic heterocycles. The highest BCUT2D eigenvalue weighted by atomic mass is 32.2. The zero-order valence-corrected chi connectivity index (χ0v) is 25.0. The lowest BCUT2D eigenvalue weighted by molar-refractivity contribution is -0.121. The number of rotatable bonds is 9. The number of hydrogen-bond donors (Lipinski definition) is 0. The zero-order chi connectivity index (χ0) is 30.2. The molecule has 14 heteroatoms. The quantitative estimate of drug-likeness (QED) is 0.284. The van der Waals surface area contributed by atoms with Gasteiger partial charge in [-0.2, -0.15) is 0 Å². The van der Waals surface area contributed by atoms with Crippen molar-refractivity contribution in [2.24, 2.45) is 0 Å². The molecule has 0 radical (unpaired) electrons. The van der Waals surface area contributed by atoms with E-state index in [0.717, 1.165) is 17.5 Å². The molecule has 0 aromatic carbocycles. The number of halogens is 1. The first-order chi connectivity index (χ1) is 19.9. The summed E-state index contributed by atoms with van der Waals surface area (Å²) in [6.45, 7) is 7.46. The van der Waals surface area contributed by atoms with E-state index in [0.29, 0.717) is 48.1 Å². The Labute approximate surface area is 243 Å². The molecular weight excluding hydrogens is 563 g/mol. The molecule has 5 rings (SSSR count). The molecule has 0 aliphatic carbocycles. The number of anilines is 1. The zero-order valence-electron chi connectivity index (χ0n) is 24.2. The van der Waals surface area contributed by atoms with Crippen molar-refractivity contribution in [1.82, 2.24) is 34.4 Å². The summed E-state index contributed by atoms with van der Waals surface area (Å²) in [6.07, 6.45) is 4.16. The number of ether oxygens (including phenoxy) is 1. The van der Waals surface area contributed by atoms with Gasteiger partial charge >= 0.3 is 0 Å². The first-order valence-electron chi connectivity index (χ1n) is 13.5. The van der Waals surface area contributed by atoms with Gasteiger partial charge in [0.2, 0.25) is 11.8 Å². The Morgan fingerprint density at radius 1 is 1.10 bits per heavy atom. The van der Waals surface area contributed by atoms with Crippen LogP contribution in [-0.2, 0) is 21.1 Å². The summed E-state index contributed by atoms with van der Waals surface area (Å²) in [6, 6.07) is 5.46. The molecule has 0 atom stereocenters. The number of methoxy groups -OCH3 is 1. The van der Waals surface area contributed by atoms with E-state index < -0.39 is 15.7 Å². The summed E-state index contributed by atoms with van der Waals surface area (Å²) in [5.74, 6) is 0.724. The number of pyridine rings is 2. The number of hydrogen-bond acceptors (Lipinski definition) is 10. The van der Waals surface area contributed by atoms with Crippen LogP contribution in [-0.4, -0.2) is 94.0 Å². The number of aryl methyl sites for hydroxylation is 1. The van der Waals surface area contributed by atoms with Crippen LogP contribution in [0.15, 0.2) is 30.6 Å². The first kappa shape index (κ1) is 29.5. The van der Waals surface area contributed by atoms with Gasteiger partial charge in [-0.05, 0) is 39.0 Å². The van der Waals surface area contributed by atoms with Crippen molar-refractivity contribution in [2.45, 2.75) is 33.2 Å². The van der Waals surface area contributed by atoms with Crippen molar-refractivity contribution in [3.63, 3.8) is 0 Å². The maximum Gasteiger partial charge on any atom is 0.242 e. The van der Waals surface area contributed by atoms with E-state index in [1.165, 1.54) is 13.4 Å². The highest BCUT2D eigenvalue weighted by Gasteiger charge is 2.26. The minimum atomic E-state index is -3.09. The van der Waals surface area contributed by atoms with Crippen molar-refractivity contribution < 1.29 is 22.3 Å². The second-order valence-electron chi connectivity index (χ2n) is 10.6. The van der Waals surface area contributed by atoms with E-state index in [1.54, 1.807) is 29.3 Å². The number of nitrogens with zero attached hydrogens (tertiary/aromatic N) is 8. The Bertz CT molecular complexity index is 1740. The second-order valence-corrected chi connectivity index (χ2v) is 12.9. The van der Waals surface area contributed by atoms with E-state index in [2.05, 4.69) is 24.9 Å². The number of aromatic nitrogens is 6. The van der Waals surface area contributed by atoms with E-state index in [1.807, 2.05) is 30.2 Å². The van der Waals surface area contributed by atoms with Gasteiger partial charge in [-0.1, -0.05) is 0 Å². The lowest BCUT2D eigenvalue weighted by atomic mass is 10.2. The minimum absolute atomic E-state index is 0.0181. The number of piperazine rings is 1. The Kier molecular flexibility index (Phi) is 8.19. The molecule has 0 unspecified atom stereocenters. The highest BCUT2D eigenvalue weighted by Crippen LogP contribution is 2.31. The molecule has 4 aromatic rings. The fourth-order valence-electron chi connectivity index (χ4n) is 5.09. The predicted octanol–water partition coefficient (Wildman–Crippen LogP) is 2.60. The number of carbonyl (C=O) groups is 1. The molecule has 1 amide bonds. The smallest absolute Gasteiger partial charge is 0.242 e. The molecule has 0 N–H and O–H groups in total. The predicted molar refractivity (Wildman–Crippen MR) is 156 cm³/mol. The van der Waals surface area contributed by atoms with Gasteiger partial charge in [-0.25, -0.2) is 32.7 Å². The third-order valence-corrected chi connectivity index (χ3v) is 8.03. The van der Waals surface area contributed by atoms with Crippen molar-refractivity contribution in [3.8, 4) is 17.3 Å². The average molecular weight is 597 g/mol. The minimum Gasteiger partial charge on any atom is -0.479 e. The van der Waals surface area contributed by atoms with E-state index in [9.17, 15) is 13.2 Å². The van der Waals surface area contributed by atoms with Gasteiger partial charge in [0.1, 0.15) is 27.2 Å². The molecule has 4 aromatic heterocycles. The van der Waals surface area contributed by atoms with E-state index in [4.69, 9.17) is 4.74 Å². The lowest BCUT2D eigenvalue weighted by Gasteiger charge is -2.34. The van der Waals surface area contributed by atoms with Crippen LogP contribution >= 0.6 is 0 Å². The Hall–Kier alpha value is -4.04. The summed E-state index contributed by atoms with van der Waals surface area (Å²) in [7, 11) is -1.60. The van der Waals surface area contributed by atoms with Crippen LogP contribution in [0.1, 0.15) is 37.2 Å². The summed E-state index contributed by atoms with van der Waals surface area (Å²) >= 11 is 0. The summed E-state index contributed by atoms with van der Waals surface area (Å²) in [5.41, 5.74) is 3.01. The molecule has 1 fully saturated rings. The van der Waals surface area contributed by atoms with Crippen LogP contribution in [0.4, 0.5) is 10.1 Å². The Morgan fingerprint density at radius 3 is 2.52 bits per heavy atom. The van der Waals surface area contributed by atoms with Gasteiger partial charge in [0.05, 0.1) is 55.1 Å². The summed E-state index contributed by atoms with van der Waals surface area (Å²) in [4.78, 5) is 38.4.